The summed E-state index contributed by atoms with van der Waals surface area (Å²) in [7, 11) is 0. The number of carbonyl (C=O) groups is 2. The van der Waals surface area contributed by atoms with Crippen molar-refractivity contribution in [1.82, 2.24) is 9.88 Å². The number of rotatable bonds is 7. The fraction of sp³-hybridized carbons (Fsp3) is 0.571. The highest BCUT2D eigenvalue weighted by Gasteiger charge is 2.32. The summed E-state index contributed by atoms with van der Waals surface area (Å²) in [5.74, 6) is 0.293. The van der Waals surface area contributed by atoms with Crippen LogP contribution in [0.4, 0.5) is 13.2 Å². The smallest absolute Gasteiger partial charge is 0.433 e. The van der Waals surface area contributed by atoms with E-state index >= 15 is 0 Å². The molecule has 1 N–H and O–H groups in total. The monoisotopic (exact) mass is 414 g/mol. The van der Waals surface area contributed by atoms with Crippen molar-refractivity contribution < 1.29 is 27.9 Å². The van der Waals surface area contributed by atoms with Crippen molar-refractivity contribution in [2.24, 2.45) is 5.41 Å². The van der Waals surface area contributed by atoms with Gasteiger partial charge in [-0.3, -0.25) is 14.5 Å². The van der Waals surface area contributed by atoms with Crippen molar-refractivity contribution in [2.75, 3.05) is 19.6 Å². The number of alkyl halides is 3. The molecule has 0 saturated carbocycles. The number of halogens is 3. The van der Waals surface area contributed by atoms with Gasteiger partial charge in [-0.15, -0.1) is 0 Å². The summed E-state index contributed by atoms with van der Waals surface area (Å²) in [6, 6.07) is 4.02. The Labute approximate surface area is 169 Å². The summed E-state index contributed by atoms with van der Waals surface area (Å²) in [5, 5.41) is 6.89. The lowest BCUT2D eigenvalue weighted by Crippen LogP contribution is -2.31. The number of nitrogens with zero attached hydrogens (tertiary/aromatic N) is 2. The van der Waals surface area contributed by atoms with Gasteiger partial charge >= 0.3 is 6.18 Å². The van der Waals surface area contributed by atoms with Crippen LogP contribution in [0.15, 0.2) is 24.3 Å². The van der Waals surface area contributed by atoms with Gasteiger partial charge in [-0.1, -0.05) is 32.9 Å². The molecule has 0 bridgehead atoms. The minimum absolute atomic E-state index is 0.250. The predicted octanol–water partition coefficient (Wildman–Crippen LogP) is 4.68. The first-order valence-corrected chi connectivity index (χ1v) is 9.62. The number of aromatic nitrogens is 1. The quantitative estimate of drug-likeness (QED) is 0.656. The van der Waals surface area contributed by atoms with Crippen molar-refractivity contribution in [3.8, 4) is 0 Å². The van der Waals surface area contributed by atoms with Gasteiger partial charge in [0.25, 0.3) is 6.47 Å². The third kappa shape index (κ3) is 7.97. The molecule has 0 spiro atoms. The summed E-state index contributed by atoms with van der Waals surface area (Å²) in [6.07, 6.45) is 0.421. The average molecular weight is 414 g/mol. The number of pyridine rings is 1. The predicted molar refractivity (Wildman–Crippen MR) is 105 cm³/mol. The molecule has 0 saturated heterocycles. The second-order valence-corrected chi connectivity index (χ2v) is 7.56. The topological polar surface area (TPSA) is 70.5 Å². The number of carbonyl (C=O) groups excluding carboxylic acids is 1. The fourth-order valence-electron chi connectivity index (χ4n) is 2.92. The molecular weight excluding hydrogens is 385 g/mol. The van der Waals surface area contributed by atoms with E-state index in [2.05, 4.69) is 9.88 Å². The molecule has 29 heavy (non-hydrogen) atoms. The molecule has 8 heteroatoms. The molecule has 0 amide bonds. The van der Waals surface area contributed by atoms with E-state index in [-0.39, 0.29) is 11.9 Å². The zero-order valence-corrected chi connectivity index (χ0v) is 17.1. The molecule has 5 nitrogen and oxygen atoms in total. The van der Waals surface area contributed by atoms with Crippen LogP contribution in [0.25, 0.3) is 5.57 Å². The van der Waals surface area contributed by atoms with Crippen LogP contribution < -0.4 is 0 Å². The summed E-state index contributed by atoms with van der Waals surface area (Å²) < 4.78 is 38.4. The first-order chi connectivity index (χ1) is 13.5. The van der Waals surface area contributed by atoms with E-state index in [4.69, 9.17) is 9.90 Å². The largest absolute Gasteiger partial charge is 0.483 e. The molecule has 1 aromatic heterocycles. The normalized spacial score (nSPS) is 15.2. The minimum atomic E-state index is -4.42. The van der Waals surface area contributed by atoms with Crippen molar-refractivity contribution >= 4 is 17.8 Å². The highest BCUT2D eigenvalue weighted by atomic mass is 19.4. The van der Waals surface area contributed by atoms with E-state index in [1.165, 1.54) is 6.07 Å². The highest BCUT2D eigenvalue weighted by Crippen LogP contribution is 2.30. The van der Waals surface area contributed by atoms with Crippen molar-refractivity contribution in [3.63, 3.8) is 0 Å². The maximum absolute atomic E-state index is 12.8. The lowest BCUT2D eigenvalue weighted by molar-refractivity contribution is -0.141. The van der Waals surface area contributed by atoms with Crippen LogP contribution in [0, 0.1) is 5.41 Å². The molecule has 0 fully saturated rings. The standard InChI is InChI=1S/C20H27F3N2O.CH2O2/c1-4-19(2,3)18(26)9-6-12-25-13-10-15(11-14-25)16-7-5-8-17(24-16)20(21,22)23;2-1-3/h5,7-8,10H,4,6,9,11-14H2,1-3H3;1H,(H,2,3). The first kappa shape index (κ1) is 24.8. The van der Waals surface area contributed by atoms with Gasteiger partial charge in [0.15, 0.2) is 0 Å². The Kier molecular flexibility index (Phi) is 9.49. The Morgan fingerprint density at radius 1 is 1.31 bits per heavy atom. The number of hydrogen-bond acceptors (Lipinski definition) is 4. The van der Waals surface area contributed by atoms with Crippen LogP contribution in [0.1, 0.15) is 57.8 Å². The van der Waals surface area contributed by atoms with Gasteiger partial charge in [0, 0.05) is 24.9 Å². The third-order valence-corrected chi connectivity index (χ3v) is 5.18. The molecule has 1 aromatic rings. The maximum atomic E-state index is 12.8. The number of carboxylic acid groups (broad SMARTS) is 1. The van der Waals surface area contributed by atoms with E-state index in [1.807, 2.05) is 26.8 Å². The van der Waals surface area contributed by atoms with E-state index in [0.29, 0.717) is 30.9 Å². The zero-order valence-electron chi connectivity index (χ0n) is 17.1. The highest BCUT2D eigenvalue weighted by molar-refractivity contribution is 5.83. The van der Waals surface area contributed by atoms with Crippen LogP contribution in [0.2, 0.25) is 0 Å². The van der Waals surface area contributed by atoms with Gasteiger partial charge in [-0.2, -0.15) is 13.2 Å². The van der Waals surface area contributed by atoms with Gasteiger partial charge < -0.3 is 5.11 Å². The zero-order chi connectivity index (χ0) is 22.1. The van der Waals surface area contributed by atoms with Gasteiger partial charge in [0.05, 0.1) is 5.69 Å². The van der Waals surface area contributed by atoms with Crippen molar-refractivity contribution in [2.45, 2.75) is 52.6 Å². The molecule has 0 atom stereocenters. The lowest BCUT2D eigenvalue weighted by atomic mass is 9.83. The number of ketones is 1. The fourth-order valence-corrected chi connectivity index (χ4v) is 2.92. The molecule has 2 rings (SSSR count). The van der Waals surface area contributed by atoms with Gasteiger partial charge in [-0.05, 0) is 43.5 Å². The first-order valence-electron chi connectivity index (χ1n) is 9.62. The van der Waals surface area contributed by atoms with E-state index in [1.54, 1.807) is 6.07 Å². The molecule has 1 aliphatic rings. The van der Waals surface area contributed by atoms with Gasteiger partial charge in [0.1, 0.15) is 11.5 Å². The van der Waals surface area contributed by atoms with Crippen LogP contribution >= 0.6 is 0 Å². The van der Waals surface area contributed by atoms with E-state index in [0.717, 1.165) is 37.6 Å². The van der Waals surface area contributed by atoms with Crippen LogP contribution in [-0.2, 0) is 15.8 Å². The molecule has 0 unspecified atom stereocenters. The Hall–Kier alpha value is -2.22. The van der Waals surface area contributed by atoms with Crippen molar-refractivity contribution in [1.29, 1.82) is 0 Å². The average Bonchev–Trinajstić information content (AvgIpc) is 2.68. The molecule has 0 aliphatic carbocycles. The van der Waals surface area contributed by atoms with Crippen molar-refractivity contribution in [3.05, 3.63) is 35.7 Å². The Balaban J connectivity index is 0.00000132. The lowest BCUT2D eigenvalue weighted by Gasteiger charge is -2.27. The second-order valence-electron chi connectivity index (χ2n) is 7.56. The van der Waals surface area contributed by atoms with Gasteiger partial charge in [-0.25, -0.2) is 4.98 Å². The second kappa shape index (κ2) is 11.1. The number of Topliss-reactive ketones (excluding diaryl/α,β-unsaturated/α-hetero) is 1. The summed E-state index contributed by atoms with van der Waals surface area (Å²) in [5.41, 5.74) is 0.148. The molecular formula is C21H29F3N2O3. The van der Waals surface area contributed by atoms with Gasteiger partial charge in [0.2, 0.25) is 0 Å². The Morgan fingerprint density at radius 2 is 1.97 bits per heavy atom. The summed E-state index contributed by atoms with van der Waals surface area (Å²) >= 11 is 0. The van der Waals surface area contributed by atoms with Crippen LogP contribution in [0.3, 0.4) is 0 Å². The molecule has 162 valence electrons. The minimum Gasteiger partial charge on any atom is -0.483 e. The summed E-state index contributed by atoms with van der Waals surface area (Å²) in [4.78, 5) is 26.5. The Morgan fingerprint density at radius 3 is 2.48 bits per heavy atom. The van der Waals surface area contributed by atoms with Crippen LogP contribution in [0.5, 0.6) is 0 Å². The van der Waals surface area contributed by atoms with Crippen LogP contribution in [-0.4, -0.2) is 46.9 Å². The number of hydrogen-bond donors (Lipinski definition) is 1. The molecule has 2 heterocycles. The summed E-state index contributed by atoms with van der Waals surface area (Å²) in [6.45, 7) is 8.01. The van der Waals surface area contributed by atoms with E-state index < -0.39 is 11.9 Å². The molecule has 0 radical (unpaired) electrons. The van der Waals surface area contributed by atoms with E-state index in [9.17, 15) is 18.0 Å². The Bertz CT molecular complexity index is 715. The molecule has 1 aliphatic heterocycles. The SMILES string of the molecule is CCC(C)(C)C(=O)CCCN1CC=C(c2cccc(C(F)(F)F)n2)CC1.O=CO. The molecule has 0 aromatic carbocycles. The third-order valence-electron chi connectivity index (χ3n) is 5.18. The maximum Gasteiger partial charge on any atom is 0.433 e.